The highest BCUT2D eigenvalue weighted by Crippen LogP contribution is 2.37. The molecule has 3 aromatic carbocycles. The average Bonchev–Trinajstić information content (AvgIpc) is 3.47. The Bertz CT molecular complexity index is 1240. The molecule has 0 aliphatic carbocycles. The van der Waals surface area contributed by atoms with Crippen LogP contribution in [0.2, 0.25) is 0 Å². The number of hydrogen-bond donors (Lipinski definition) is 2. The molecule has 1 fully saturated rings. The van der Waals surface area contributed by atoms with E-state index in [0.29, 0.717) is 37.4 Å². The average molecular weight is 442 g/mol. The van der Waals surface area contributed by atoms with Crippen molar-refractivity contribution in [2.75, 3.05) is 13.1 Å². The third-order valence-electron chi connectivity index (χ3n) is 6.47. The van der Waals surface area contributed by atoms with Crippen molar-refractivity contribution >= 4 is 16.9 Å². The highest BCUT2D eigenvalue weighted by atomic mass is 16.3. The van der Waals surface area contributed by atoms with Gasteiger partial charge in [-0.1, -0.05) is 60.7 Å². The fourth-order valence-corrected chi connectivity index (χ4v) is 4.74. The second kappa shape index (κ2) is 8.46. The molecule has 5 rings (SSSR count). The summed E-state index contributed by atoms with van der Waals surface area (Å²) in [5.74, 6) is 0.416. The van der Waals surface area contributed by atoms with Gasteiger partial charge in [0.05, 0.1) is 17.1 Å². The van der Waals surface area contributed by atoms with E-state index in [-0.39, 0.29) is 5.91 Å². The van der Waals surface area contributed by atoms with Gasteiger partial charge in [0.1, 0.15) is 0 Å². The van der Waals surface area contributed by atoms with Crippen LogP contribution in [0, 0.1) is 0 Å². The highest BCUT2D eigenvalue weighted by molar-refractivity contribution is 5.97. The van der Waals surface area contributed by atoms with Gasteiger partial charge in [0.25, 0.3) is 5.91 Å². The van der Waals surface area contributed by atoms with Crippen LogP contribution in [0.3, 0.4) is 0 Å². The summed E-state index contributed by atoms with van der Waals surface area (Å²) in [4.78, 5) is 19.6. The quantitative estimate of drug-likeness (QED) is 0.497. The lowest BCUT2D eigenvalue weighted by molar-refractivity contribution is 0.0765. The molecule has 6 heteroatoms. The van der Waals surface area contributed by atoms with E-state index in [1.165, 1.54) is 0 Å². The molecular formula is C27H27N3O3. The zero-order valence-corrected chi connectivity index (χ0v) is 18.6. The Morgan fingerprint density at radius 2 is 1.67 bits per heavy atom. The third kappa shape index (κ3) is 3.61. The number of aryl methyl sites for hydroxylation is 1. The maximum atomic E-state index is 13.0. The number of carbonyl (C=O) groups excluding carboxylic acids is 1. The summed E-state index contributed by atoms with van der Waals surface area (Å²) >= 11 is 0. The molecule has 1 saturated heterocycles. The molecule has 4 aromatic rings. The van der Waals surface area contributed by atoms with Crippen LogP contribution in [-0.2, 0) is 12.1 Å². The van der Waals surface area contributed by atoms with Crippen LogP contribution in [0.25, 0.3) is 11.0 Å². The molecule has 2 heterocycles. The number of nitrogens with zero attached hydrogens (tertiary/aromatic N) is 3. The SMILES string of the molecule is CCn1c(C(O)(c2ccccc2)c2ccccc2)nc2ccc(C(=O)N3CCC(O)C3)cc21. The molecule has 2 N–H and O–H groups in total. The number of aliphatic hydroxyl groups excluding tert-OH is 1. The van der Waals surface area contributed by atoms with Gasteiger partial charge in [-0.05, 0) is 42.7 Å². The second-order valence-electron chi connectivity index (χ2n) is 8.52. The summed E-state index contributed by atoms with van der Waals surface area (Å²) in [6.45, 7) is 3.50. The van der Waals surface area contributed by atoms with E-state index in [1.54, 1.807) is 11.0 Å². The van der Waals surface area contributed by atoms with E-state index < -0.39 is 11.7 Å². The topological polar surface area (TPSA) is 78.6 Å². The van der Waals surface area contributed by atoms with Gasteiger partial charge < -0.3 is 19.7 Å². The van der Waals surface area contributed by atoms with Crippen molar-refractivity contribution in [2.24, 2.45) is 0 Å². The maximum Gasteiger partial charge on any atom is 0.254 e. The molecule has 1 aliphatic heterocycles. The summed E-state index contributed by atoms with van der Waals surface area (Å²) in [5.41, 5.74) is 2.06. The number of fused-ring (bicyclic) bond motifs is 1. The maximum absolute atomic E-state index is 13.0. The van der Waals surface area contributed by atoms with E-state index in [4.69, 9.17) is 4.98 Å². The molecule has 33 heavy (non-hydrogen) atoms. The summed E-state index contributed by atoms with van der Waals surface area (Å²) < 4.78 is 1.98. The van der Waals surface area contributed by atoms with Crippen molar-refractivity contribution < 1.29 is 15.0 Å². The number of amides is 1. The van der Waals surface area contributed by atoms with Gasteiger partial charge in [0, 0.05) is 25.2 Å². The number of benzene rings is 3. The first-order valence-electron chi connectivity index (χ1n) is 11.3. The van der Waals surface area contributed by atoms with E-state index in [1.807, 2.05) is 84.3 Å². The van der Waals surface area contributed by atoms with Crippen LogP contribution in [-0.4, -0.2) is 49.8 Å². The minimum Gasteiger partial charge on any atom is -0.391 e. The molecule has 1 unspecified atom stereocenters. The first kappa shape index (κ1) is 21.4. The molecule has 1 amide bonds. The molecule has 1 atom stereocenters. The van der Waals surface area contributed by atoms with E-state index in [9.17, 15) is 15.0 Å². The van der Waals surface area contributed by atoms with Crippen molar-refractivity contribution in [3.8, 4) is 0 Å². The smallest absolute Gasteiger partial charge is 0.254 e. The Kier molecular flexibility index (Phi) is 5.48. The largest absolute Gasteiger partial charge is 0.391 e. The molecule has 1 aromatic heterocycles. The molecule has 1 aliphatic rings. The lowest BCUT2D eigenvalue weighted by atomic mass is 9.85. The lowest BCUT2D eigenvalue weighted by Crippen LogP contribution is -2.32. The Morgan fingerprint density at radius 3 is 2.21 bits per heavy atom. The van der Waals surface area contributed by atoms with Crippen molar-refractivity contribution in [1.82, 2.24) is 14.5 Å². The number of rotatable bonds is 5. The molecule has 0 spiro atoms. The second-order valence-corrected chi connectivity index (χ2v) is 8.52. The zero-order chi connectivity index (χ0) is 23.0. The van der Waals surface area contributed by atoms with Crippen LogP contribution < -0.4 is 0 Å². The first-order valence-corrected chi connectivity index (χ1v) is 11.3. The fourth-order valence-electron chi connectivity index (χ4n) is 4.74. The van der Waals surface area contributed by atoms with Gasteiger partial charge in [-0.15, -0.1) is 0 Å². The normalized spacial score (nSPS) is 16.5. The molecule has 6 nitrogen and oxygen atoms in total. The van der Waals surface area contributed by atoms with Crippen LogP contribution in [0.1, 0.15) is 40.7 Å². The lowest BCUT2D eigenvalue weighted by Gasteiger charge is -2.29. The standard InChI is InChI=1S/C27H27N3O3/c1-2-30-24-17-19(25(32)29-16-15-22(31)18-29)13-14-23(24)28-26(30)27(33,20-9-5-3-6-10-20)21-11-7-4-8-12-21/h3-14,17,22,31,33H,2,15-16,18H2,1H3. The van der Waals surface area contributed by atoms with E-state index >= 15 is 0 Å². The van der Waals surface area contributed by atoms with E-state index in [2.05, 4.69) is 0 Å². The van der Waals surface area contributed by atoms with Gasteiger partial charge in [0.2, 0.25) is 0 Å². The Hall–Kier alpha value is -3.48. The van der Waals surface area contributed by atoms with Crippen molar-refractivity contribution in [3.05, 3.63) is 101 Å². The van der Waals surface area contributed by atoms with Gasteiger partial charge in [0.15, 0.2) is 11.4 Å². The Labute approximate surface area is 192 Å². The number of imidazole rings is 1. The number of aliphatic hydroxyl groups is 2. The zero-order valence-electron chi connectivity index (χ0n) is 18.6. The molecular weight excluding hydrogens is 414 g/mol. The van der Waals surface area contributed by atoms with Crippen LogP contribution in [0.4, 0.5) is 0 Å². The number of hydrogen-bond acceptors (Lipinski definition) is 4. The minimum atomic E-state index is -1.46. The number of carbonyl (C=O) groups is 1. The third-order valence-corrected chi connectivity index (χ3v) is 6.47. The molecule has 0 bridgehead atoms. The highest BCUT2D eigenvalue weighted by Gasteiger charge is 2.39. The van der Waals surface area contributed by atoms with Gasteiger partial charge in [-0.3, -0.25) is 4.79 Å². The Balaban J connectivity index is 1.67. The van der Waals surface area contributed by atoms with Crippen LogP contribution in [0.15, 0.2) is 78.9 Å². The van der Waals surface area contributed by atoms with E-state index in [0.717, 1.165) is 22.2 Å². The monoisotopic (exact) mass is 441 g/mol. The molecule has 0 radical (unpaired) electrons. The first-order chi connectivity index (χ1) is 16.0. The van der Waals surface area contributed by atoms with Crippen molar-refractivity contribution in [3.63, 3.8) is 0 Å². The minimum absolute atomic E-state index is 0.0970. The van der Waals surface area contributed by atoms with Crippen molar-refractivity contribution in [1.29, 1.82) is 0 Å². The van der Waals surface area contributed by atoms with Gasteiger partial charge in [-0.25, -0.2) is 4.98 Å². The summed E-state index contributed by atoms with van der Waals surface area (Å²) in [6, 6.07) is 24.5. The van der Waals surface area contributed by atoms with Crippen LogP contribution in [0.5, 0.6) is 0 Å². The number of likely N-dealkylation sites (tertiary alicyclic amines) is 1. The van der Waals surface area contributed by atoms with Crippen LogP contribution >= 0.6 is 0 Å². The predicted octanol–water partition coefficient (Wildman–Crippen LogP) is 3.55. The summed E-state index contributed by atoms with van der Waals surface area (Å²) in [7, 11) is 0. The fraction of sp³-hybridized carbons (Fsp3) is 0.259. The van der Waals surface area contributed by atoms with Gasteiger partial charge >= 0.3 is 0 Å². The Morgan fingerprint density at radius 1 is 1.03 bits per heavy atom. The number of aromatic nitrogens is 2. The van der Waals surface area contributed by atoms with Gasteiger partial charge in [-0.2, -0.15) is 0 Å². The molecule has 168 valence electrons. The molecule has 0 saturated carbocycles. The summed E-state index contributed by atoms with van der Waals surface area (Å²) in [6.07, 6.45) is 0.142. The summed E-state index contributed by atoms with van der Waals surface area (Å²) in [5, 5.41) is 22.1. The number of β-amino-alcohol motifs (C(OH)–C–C–N with tert-alkyl or cyclic N) is 1. The predicted molar refractivity (Wildman–Crippen MR) is 127 cm³/mol. The van der Waals surface area contributed by atoms with Crippen molar-refractivity contribution in [2.45, 2.75) is 31.6 Å².